The summed E-state index contributed by atoms with van der Waals surface area (Å²) < 4.78 is 6.04. The van der Waals surface area contributed by atoms with Crippen molar-refractivity contribution in [3.63, 3.8) is 0 Å². The lowest BCUT2D eigenvalue weighted by Gasteiger charge is -2.18. The van der Waals surface area contributed by atoms with Crippen LogP contribution < -0.4 is 15.4 Å². The number of benzene rings is 2. The Bertz CT molecular complexity index is 838. The lowest BCUT2D eigenvalue weighted by atomic mass is 10.1. The van der Waals surface area contributed by atoms with Crippen molar-refractivity contribution in [2.45, 2.75) is 32.7 Å². The highest BCUT2D eigenvalue weighted by molar-refractivity contribution is 5.80. The maximum Gasteiger partial charge on any atom is 0.222 e. The van der Waals surface area contributed by atoms with Gasteiger partial charge in [0, 0.05) is 37.7 Å². The number of rotatable bonds is 8. The van der Waals surface area contributed by atoms with E-state index in [2.05, 4.69) is 33.8 Å². The number of guanidine groups is 1. The Hall–Kier alpha value is -3.02. The SMILES string of the molecule is CCNC(=NCCOc1ccccc1-c1ccccc1)NC1CCN(C(=O)CC)C1. The molecule has 0 aliphatic carbocycles. The maximum atomic E-state index is 11.9. The molecule has 0 bridgehead atoms. The number of hydrogen-bond acceptors (Lipinski definition) is 3. The van der Waals surface area contributed by atoms with Gasteiger partial charge < -0.3 is 20.3 Å². The Labute approximate surface area is 179 Å². The van der Waals surface area contributed by atoms with Crippen LogP contribution in [0, 0.1) is 0 Å². The number of aliphatic imine (C=N–C) groups is 1. The highest BCUT2D eigenvalue weighted by atomic mass is 16.5. The number of hydrogen-bond donors (Lipinski definition) is 2. The van der Waals surface area contributed by atoms with E-state index in [1.54, 1.807) is 0 Å². The molecule has 0 spiro atoms. The van der Waals surface area contributed by atoms with Crippen LogP contribution >= 0.6 is 0 Å². The molecular formula is C24H32N4O2. The van der Waals surface area contributed by atoms with Gasteiger partial charge in [-0.15, -0.1) is 0 Å². The van der Waals surface area contributed by atoms with Crippen molar-refractivity contribution in [3.05, 3.63) is 54.6 Å². The molecule has 1 saturated heterocycles. The summed E-state index contributed by atoms with van der Waals surface area (Å²) in [6.45, 7) is 7.32. The molecule has 1 aliphatic heterocycles. The van der Waals surface area contributed by atoms with Crippen LogP contribution in [0.3, 0.4) is 0 Å². The van der Waals surface area contributed by atoms with Crippen LogP contribution in [0.15, 0.2) is 59.6 Å². The maximum absolute atomic E-state index is 11.9. The lowest BCUT2D eigenvalue weighted by Crippen LogP contribution is -2.45. The molecule has 1 unspecified atom stereocenters. The molecule has 6 nitrogen and oxygen atoms in total. The van der Waals surface area contributed by atoms with Gasteiger partial charge in [0.1, 0.15) is 12.4 Å². The van der Waals surface area contributed by atoms with Crippen molar-refractivity contribution in [2.75, 3.05) is 32.8 Å². The van der Waals surface area contributed by atoms with Gasteiger partial charge in [-0.3, -0.25) is 4.79 Å². The molecule has 1 aliphatic rings. The second-order valence-electron chi connectivity index (χ2n) is 7.29. The third-order valence-corrected chi connectivity index (χ3v) is 5.12. The van der Waals surface area contributed by atoms with Crippen LogP contribution in [-0.4, -0.2) is 55.6 Å². The fraction of sp³-hybridized carbons (Fsp3) is 0.417. The quantitative estimate of drug-likeness (QED) is 0.400. The first kappa shape index (κ1) is 21.7. The molecule has 0 radical (unpaired) electrons. The highest BCUT2D eigenvalue weighted by Crippen LogP contribution is 2.29. The zero-order chi connectivity index (χ0) is 21.2. The second kappa shape index (κ2) is 11.2. The van der Waals surface area contributed by atoms with E-state index in [1.807, 2.05) is 55.1 Å². The Morgan fingerprint density at radius 2 is 1.90 bits per heavy atom. The molecule has 1 amide bonds. The van der Waals surface area contributed by atoms with E-state index in [4.69, 9.17) is 4.74 Å². The van der Waals surface area contributed by atoms with E-state index in [1.165, 1.54) is 0 Å². The number of likely N-dealkylation sites (tertiary alicyclic amines) is 1. The van der Waals surface area contributed by atoms with Gasteiger partial charge in [-0.1, -0.05) is 55.5 Å². The van der Waals surface area contributed by atoms with Gasteiger partial charge in [-0.05, 0) is 25.0 Å². The lowest BCUT2D eigenvalue weighted by molar-refractivity contribution is -0.129. The molecule has 2 N–H and O–H groups in total. The third-order valence-electron chi connectivity index (χ3n) is 5.12. The second-order valence-corrected chi connectivity index (χ2v) is 7.29. The molecule has 160 valence electrons. The molecule has 3 rings (SSSR count). The summed E-state index contributed by atoms with van der Waals surface area (Å²) in [5.74, 6) is 1.85. The number of carbonyl (C=O) groups excluding carboxylic acids is 1. The summed E-state index contributed by atoms with van der Waals surface area (Å²) in [5.41, 5.74) is 2.22. The zero-order valence-electron chi connectivity index (χ0n) is 17.9. The molecule has 2 aromatic carbocycles. The number of nitrogens with one attached hydrogen (secondary N) is 2. The summed E-state index contributed by atoms with van der Waals surface area (Å²) in [6.07, 6.45) is 1.50. The van der Waals surface area contributed by atoms with E-state index in [0.717, 1.165) is 48.9 Å². The Kier molecular flexibility index (Phi) is 8.12. The van der Waals surface area contributed by atoms with Gasteiger partial charge in [0.25, 0.3) is 0 Å². The van der Waals surface area contributed by atoms with E-state index >= 15 is 0 Å². The van der Waals surface area contributed by atoms with Crippen LogP contribution in [0.1, 0.15) is 26.7 Å². The zero-order valence-corrected chi connectivity index (χ0v) is 17.9. The Morgan fingerprint density at radius 3 is 2.67 bits per heavy atom. The van der Waals surface area contributed by atoms with E-state index in [9.17, 15) is 4.79 Å². The minimum atomic E-state index is 0.215. The monoisotopic (exact) mass is 408 g/mol. The molecular weight excluding hydrogens is 376 g/mol. The van der Waals surface area contributed by atoms with Gasteiger partial charge in [-0.2, -0.15) is 0 Å². The van der Waals surface area contributed by atoms with Gasteiger partial charge in [0.15, 0.2) is 5.96 Å². The molecule has 0 aromatic heterocycles. The topological polar surface area (TPSA) is 66.0 Å². The predicted octanol–water partition coefficient (Wildman–Crippen LogP) is 3.30. The third kappa shape index (κ3) is 5.99. The van der Waals surface area contributed by atoms with Crippen LogP contribution in [0.25, 0.3) is 11.1 Å². The fourth-order valence-electron chi connectivity index (χ4n) is 3.60. The van der Waals surface area contributed by atoms with Crippen molar-refractivity contribution in [2.24, 2.45) is 4.99 Å². The first-order chi connectivity index (χ1) is 14.7. The van der Waals surface area contributed by atoms with Gasteiger partial charge in [0.05, 0.1) is 6.54 Å². The molecule has 0 saturated carbocycles. The van der Waals surface area contributed by atoms with Crippen molar-refractivity contribution in [1.29, 1.82) is 0 Å². The number of ether oxygens (including phenoxy) is 1. The molecule has 1 heterocycles. The summed E-state index contributed by atoms with van der Waals surface area (Å²) in [5, 5.41) is 6.73. The van der Waals surface area contributed by atoms with Crippen molar-refractivity contribution < 1.29 is 9.53 Å². The van der Waals surface area contributed by atoms with Crippen LogP contribution in [-0.2, 0) is 4.79 Å². The number of para-hydroxylation sites is 1. The molecule has 6 heteroatoms. The summed E-state index contributed by atoms with van der Waals surface area (Å²) in [7, 11) is 0. The van der Waals surface area contributed by atoms with Crippen molar-refractivity contribution >= 4 is 11.9 Å². The summed E-state index contributed by atoms with van der Waals surface area (Å²) in [4.78, 5) is 18.5. The minimum absolute atomic E-state index is 0.215. The van der Waals surface area contributed by atoms with Gasteiger partial charge >= 0.3 is 0 Å². The summed E-state index contributed by atoms with van der Waals surface area (Å²) in [6, 6.07) is 18.6. The average Bonchev–Trinajstić information content (AvgIpc) is 3.25. The normalized spacial score (nSPS) is 16.4. The highest BCUT2D eigenvalue weighted by Gasteiger charge is 2.25. The average molecular weight is 409 g/mol. The van der Waals surface area contributed by atoms with Crippen LogP contribution in [0.5, 0.6) is 5.75 Å². The number of amides is 1. The number of carbonyl (C=O) groups is 1. The molecule has 2 aromatic rings. The first-order valence-corrected chi connectivity index (χ1v) is 10.8. The van der Waals surface area contributed by atoms with Crippen LogP contribution in [0.4, 0.5) is 0 Å². The smallest absolute Gasteiger partial charge is 0.222 e. The minimum Gasteiger partial charge on any atom is -0.491 e. The van der Waals surface area contributed by atoms with Gasteiger partial charge in [0.2, 0.25) is 5.91 Å². The van der Waals surface area contributed by atoms with E-state index in [-0.39, 0.29) is 11.9 Å². The molecule has 1 atom stereocenters. The molecule has 30 heavy (non-hydrogen) atoms. The van der Waals surface area contributed by atoms with Crippen molar-refractivity contribution in [1.82, 2.24) is 15.5 Å². The van der Waals surface area contributed by atoms with Gasteiger partial charge in [-0.25, -0.2) is 4.99 Å². The Morgan fingerprint density at radius 1 is 1.13 bits per heavy atom. The van der Waals surface area contributed by atoms with Crippen molar-refractivity contribution in [3.8, 4) is 16.9 Å². The van der Waals surface area contributed by atoms with E-state index < -0.39 is 0 Å². The van der Waals surface area contributed by atoms with E-state index in [0.29, 0.717) is 19.6 Å². The summed E-state index contributed by atoms with van der Waals surface area (Å²) >= 11 is 0. The Balaban J connectivity index is 1.54. The van der Waals surface area contributed by atoms with Crippen LogP contribution in [0.2, 0.25) is 0 Å². The largest absolute Gasteiger partial charge is 0.491 e. The standard InChI is InChI=1S/C24H32N4O2/c1-3-23(29)28-16-14-20(18-28)27-24(25-4-2)26-15-17-30-22-13-9-8-12-21(22)19-10-6-5-7-11-19/h5-13,20H,3-4,14-18H2,1-2H3,(H2,25,26,27). The first-order valence-electron chi connectivity index (χ1n) is 10.8. The molecule has 1 fully saturated rings. The fourth-order valence-corrected chi connectivity index (χ4v) is 3.60. The predicted molar refractivity (Wildman–Crippen MR) is 122 cm³/mol. The number of nitrogens with zero attached hydrogens (tertiary/aromatic N) is 2.